The lowest BCUT2D eigenvalue weighted by Gasteiger charge is -2.17. The molecule has 106 valence electrons. The van der Waals surface area contributed by atoms with Crippen molar-refractivity contribution in [2.75, 3.05) is 17.7 Å². The first-order chi connectivity index (χ1) is 9.70. The molecule has 0 aliphatic carbocycles. The van der Waals surface area contributed by atoms with Crippen LogP contribution in [0.2, 0.25) is 0 Å². The van der Waals surface area contributed by atoms with Gasteiger partial charge in [0.15, 0.2) is 5.82 Å². The zero-order chi connectivity index (χ0) is 14.4. The van der Waals surface area contributed by atoms with Crippen LogP contribution in [0.4, 0.5) is 11.5 Å². The lowest BCUT2D eigenvalue weighted by molar-refractivity contribution is 0.306. The summed E-state index contributed by atoms with van der Waals surface area (Å²) >= 11 is 0. The van der Waals surface area contributed by atoms with Crippen LogP contribution in [0.1, 0.15) is 31.9 Å². The van der Waals surface area contributed by atoms with Gasteiger partial charge in [0.25, 0.3) is 0 Å². The molecule has 4 nitrogen and oxygen atoms in total. The predicted molar refractivity (Wildman–Crippen MR) is 82.9 cm³/mol. The number of nitrogen functional groups attached to an aromatic ring is 1. The van der Waals surface area contributed by atoms with Gasteiger partial charge in [-0.2, -0.15) is 4.98 Å². The highest BCUT2D eigenvalue weighted by molar-refractivity contribution is 5.62. The monoisotopic (exact) mass is 271 g/mol. The Morgan fingerprint density at radius 1 is 1.20 bits per heavy atom. The molecule has 0 amide bonds. The summed E-state index contributed by atoms with van der Waals surface area (Å²) in [6.07, 6.45) is 0.954. The fourth-order valence-corrected chi connectivity index (χ4v) is 1.88. The van der Waals surface area contributed by atoms with E-state index in [-0.39, 0.29) is 6.04 Å². The Bertz CT molecular complexity index is 543. The number of nitrogens with one attached hydrogen (secondary N) is 1. The lowest BCUT2D eigenvalue weighted by Crippen LogP contribution is -2.10. The average Bonchev–Trinajstić information content (AvgIpc) is 2.49. The van der Waals surface area contributed by atoms with Gasteiger partial charge in [0.2, 0.25) is 5.88 Å². The first-order valence-corrected chi connectivity index (χ1v) is 6.91. The summed E-state index contributed by atoms with van der Waals surface area (Å²) in [7, 11) is 0. The number of anilines is 2. The van der Waals surface area contributed by atoms with Crippen molar-refractivity contribution in [3.8, 4) is 5.88 Å². The predicted octanol–water partition coefficient (Wildman–Crippen LogP) is 3.63. The van der Waals surface area contributed by atoms with E-state index in [4.69, 9.17) is 10.5 Å². The van der Waals surface area contributed by atoms with Gasteiger partial charge < -0.3 is 15.8 Å². The molecule has 1 aromatic heterocycles. The largest absolute Gasteiger partial charge is 0.478 e. The molecule has 0 saturated heterocycles. The summed E-state index contributed by atoms with van der Waals surface area (Å²) in [6.45, 7) is 4.80. The second-order valence-corrected chi connectivity index (χ2v) is 4.71. The Balaban J connectivity index is 2.11. The van der Waals surface area contributed by atoms with E-state index in [0.717, 1.165) is 6.42 Å². The van der Waals surface area contributed by atoms with Crippen molar-refractivity contribution in [2.24, 2.45) is 0 Å². The maximum Gasteiger partial charge on any atom is 0.215 e. The molecule has 0 spiro atoms. The highest BCUT2D eigenvalue weighted by atomic mass is 16.5. The molecule has 1 aromatic carbocycles. The molecule has 0 fully saturated rings. The van der Waals surface area contributed by atoms with Gasteiger partial charge in [-0.15, -0.1) is 0 Å². The van der Waals surface area contributed by atoms with Crippen LogP contribution >= 0.6 is 0 Å². The van der Waals surface area contributed by atoms with Gasteiger partial charge in [-0.25, -0.2) is 0 Å². The Kier molecular flexibility index (Phi) is 4.82. The molecule has 0 aliphatic rings. The van der Waals surface area contributed by atoms with Crippen LogP contribution in [-0.4, -0.2) is 11.6 Å². The Labute approximate surface area is 120 Å². The number of nitrogens with zero attached hydrogens (tertiary/aromatic N) is 1. The molecule has 0 saturated carbocycles. The first kappa shape index (κ1) is 14.2. The van der Waals surface area contributed by atoms with Crippen molar-refractivity contribution < 1.29 is 4.74 Å². The average molecular weight is 271 g/mol. The summed E-state index contributed by atoms with van der Waals surface area (Å²) in [6, 6.07) is 13.9. The van der Waals surface area contributed by atoms with E-state index in [1.165, 1.54) is 5.56 Å². The molecular weight excluding hydrogens is 250 g/mol. The van der Waals surface area contributed by atoms with Crippen LogP contribution < -0.4 is 15.8 Å². The van der Waals surface area contributed by atoms with Gasteiger partial charge in [0.05, 0.1) is 18.3 Å². The fourth-order valence-electron chi connectivity index (χ4n) is 1.88. The molecule has 0 unspecified atom stereocenters. The van der Waals surface area contributed by atoms with Gasteiger partial charge in [-0.05, 0) is 25.0 Å². The molecule has 4 heteroatoms. The molecular formula is C16H21N3O. The van der Waals surface area contributed by atoms with Gasteiger partial charge in [0, 0.05) is 6.07 Å². The summed E-state index contributed by atoms with van der Waals surface area (Å²) in [5.74, 6) is 1.26. The summed E-state index contributed by atoms with van der Waals surface area (Å²) in [4.78, 5) is 4.42. The van der Waals surface area contributed by atoms with E-state index in [1.807, 2.05) is 24.3 Å². The molecule has 0 radical (unpaired) electrons. The van der Waals surface area contributed by atoms with Crippen molar-refractivity contribution in [3.05, 3.63) is 48.0 Å². The second kappa shape index (κ2) is 6.80. The zero-order valence-electron chi connectivity index (χ0n) is 12.0. The normalized spacial score (nSPS) is 11.9. The van der Waals surface area contributed by atoms with E-state index < -0.39 is 0 Å². The highest BCUT2D eigenvalue weighted by Gasteiger charge is 2.09. The summed E-state index contributed by atoms with van der Waals surface area (Å²) in [5.41, 5.74) is 7.77. The van der Waals surface area contributed by atoms with Gasteiger partial charge >= 0.3 is 0 Å². The molecule has 0 aliphatic heterocycles. The number of aromatic nitrogens is 1. The summed E-state index contributed by atoms with van der Waals surface area (Å²) in [5, 5.41) is 3.33. The zero-order valence-corrected chi connectivity index (χ0v) is 12.0. The van der Waals surface area contributed by atoms with Gasteiger partial charge in [0.1, 0.15) is 0 Å². The minimum Gasteiger partial charge on any atom is -0.478 e. The first-order valence-electron chi connectivity index (χ1n) is 6.91. The fraction of sp³-hybridized carbons (Fsp3) is 0.312. The highest BCUT2D eigenvalue weighted by Crippen LogP contribution is 2.24. The lowest BCUT2D eigenvalue weighted by atomic mass is 10.1. The number of pyridine rings is 1. The molecule has 0 bridgehead atoms. The molecule has 2 aromatic rings. The topological polar surface area (TPSA) is 60.2 Å². The van der Waals surface area contributed by atoms with Crippen molar-refractivity contribution in [1.82, 2.24) is 4.98 Å². The van der Waals surface area contributed by atoms with E-state index in [2.05, 4.69) is 36.3 Å². The van der Waals surface area contributed by atoms with Crippen molar-refractivity contribution in [1.29, 1.82) is 0 Å². The maximum atomic E-state index is 5.96. The van der Waals surface area contributed by atoms with Crippen LogP contribution in [0.15, 0.2) is 42.5 Å². The number of rotatable bonds is 6. The minimum atomic E-state index is 0.132. The number of nitrogens with two attached hydrogens (primary N) is 1. The molecule has 1 atom stereocenters. The number of benzene rings is 1. The quantitative estimate of drug-likeness (QED) is 0.842. The third-order valence-corrected chi connectivity index (χ3v) is 3.01. The SMILES string of the molecule is CCCOc1ccc(N)c(N[C@@H](C)c2ccccc2)n1. The number of hydrogen-bond donors (Lipinski definition) is 2. The molecule has 3 N–H and O–H groups in total. The minimum absolute atomic E-state index is 0.132. The summed E-state index contributed by atoms with van der Waals surface area (Å²) < 4.78 is 5.53. The van der Waals surface area contributed by atoms with Crippen LogP contribution in [0, 0.1) is 0 Å². The Hall–Kier alpha value is -2.23. The second-order valence-electron chi connectivity index (χ2n) is 4.71. The van der Waals surface area contributed by atoms with Gasteiger partial charge in [-0.3, -0.25) is 0 Å². The van der Waals surface area contributed by atoms with E-state index >= 15 is 0 Å². The van der Waals surface area contributed by atoms with E-state index in [0.29, 0.717) is 24.0 Å². The third kappa shape index (κ3) is 3.63. The molecule has 20 heavy (non-hydrogen) atoms. The van der Waals surface area contributed by atoms with Crippen LogP contribution in [0.25, 0.3) is 0 Å². The van der Waals surface area contributed by atoms with E-state index in [1.54, 1.807) is 6.07 Å². The van der Waals surface area contributed by atoms with Gasteiger partial charge in [-0.1, -0.05) is 37.3 Å². The van der Waals surface area contributed by atoms with Crippen LogP contribution in [-0.2, 0) is 0 Å². The molecule has 1 heterocycles. The standard InChI is InChI=1S/C16H21N3O/c1-3-11-20-15-10-9-14(17)16(19-15)18-12(2)13-7-5-4-6-8-13/h4-10,12H,3,11,17H2,1-2H3,(H,18,19)/t12-/m0/s1. The smallest absolute Gasteiger partial charge is 0.215 e. The van der Waals surface area contributed by atoms with Crippen molar-refractivity contribution >= 4 is 11.5 Å². The van der Waals surface area contributed by atoms with E-state index in [9.17, 15) is 0 Å². The van der Waals surface area contributed by atoms with Crippen LogP contribution in [0.3, 0.4) is 0 Å². The maximum absolute atomic E-state index is 5.96. The molecule has 2 rings (SSSR count). The van der Waals surface area contributed by atoms with Crippen LogP contribution in [0.5, 0.6) is 5.88 Å². The Morgan fingerprint density at radius 3 is 2.65 bits per heavy atom. The number of hydrogen-bond acceptors (Lipinski definition) is 4. The van der Waals surface area contributed by atoms with Crippen molar-refractivity contribution in [3.63, 3.8) is 0 Å². The third-order valence-electron chi connectivity index (χ3n) is 3.01. The Morgan fingerprint density at radius 2 is 1.95 bits per heavy atom. The number of ether oxygens (including phenoxy) is 1. The van der Waals surface area contributed by atoms with Crippen molar-refractivity contribution in [2.45, 2.75) is 26.3 Å².